The van der Waals surface area contributed by atoms with Gasteiger partial charge >= 0.3 is 0 Å². The summed E-state index contributed by atoms with van der Waals surface area (Å²) in [6.07, 6.45) is 5.01. The summed E-state index contributed by atoms with van der Waals surface area (Å²) >= 11 is 0. The fourth-order valence-electron chi connectivity index (χ4n) is 1.44. The zero-order valence-electron chi connectivity index (χ0n) is 9.75. The van der Waals surface area contributed by atoms with Crippen LogP contribution in [0.5, 0.6) is 5.75 Å². The van der Waals surface area contributed by atoms with Crippen LogP contribution in [0.1, 0.15) is 32.6 Å². The van der Waals surface area contributed by atoms with Crippen molar-refractivity contribution < 1.29 is 4.74 Å². The highest BCUT2D eigenvalue weighted by Gasteiger charge is 1.93. The van der Waals surface area contributed by atoms with E-state index in [1.807, 2.05) is 31.3 Å². The summed E-state index contributed by atoms with van der Waals surface area (Å²) in [6, 6.07) is 8.07. The summed E-state index contributed by atoms with van der Waals surface area (Å²) in [4.78, 5) is 0. The van der Waals surface area contributed by atoms with Crippen LogP contribution in [0.2, 0.25) is 0 Å². The lowest BCUT2D eigenvalue weighted by Crippen LogP contribution is -1.97. The molecule has 0 radical (unpaired) electrons. The average Bonchev–Trinajstić information content (AvgIpc) is 2.30. The Hall–Kier alpha value is -1.18. The molecule has 0 spiro atoms. The molecule has 0 aromatic heterocycles. The predicted molar refractivity (Wildman–Crippen MR) is 65.6 cm³/mol. The van der Waals surface area contributed by atoms with Crippen LogP contribution in [0.3, 0.4) is 0 Å². The van der Waals surface area contributed by atoms with Crippen LogP contribution in [0.15, 0.2) is 24.3 Å². The van der Waals surface area contributed by atoms with Crippen molar-refractivity contribution in [2.75, 3.05) is 19.0 Å². The van der Waals surface area contributed by atoms with Gasteiger partial charge in [-0.3, -0.25) is 0 Å². The standard InChI is InChI=1S/C13H21NO/c1-3-4-5-6-11-15-13-9-7-12(14-2)8-10-13/h7-10,14H,3-6,11H2,1-2H3. The maximum atomic E-state index is 5.62. The van der Waals surface area contributed by atoms with Gasteiger partial charge in [0.05, 0.1) is 6.61 Å². The van der Waals surface area contributed by atoms with Gasteiger partial charge in [-0.1, -0.05) is 26.2 Å². The van der Waals surface area contributed by atoms with Gasteiger partial charge in [-0.05, 0) is 30.7 Å². The number of hydrogen-bond donors (Lipinski definition) is 1. The van der Waals surface area contributed by atoms with E-state index in [0.29, 0.717) is 0 Å². The van der Waals surface area contributed by atoms with Crippen LogP contribution in [0.4, 0.5) is 5.69 Å². The minimum atomic E-state index is 0.832. The maximum Gasteiger partial charge on any atom is 0.119 e. The molecule has 0 saturated carbocycles. The van der Waals surface area contributed by atoms with Crippen molar-refractivity contribution >= 4 is 5.69 Å². The summed E-state index contributed by atoms with van der Waals surface area (Å²) in [5.41, 5.74) is 1.12. The highest BCUT2D eigenvalue weighted by molar-refractivity contribution is 5.45. The van der Waals surface area contributed by atoms with Gasteiger partial charge in [-0.25, -0.2) is 0 Å². The van der Waals surface area contributed by atoms with Crippen molar-refractivity contribution in [1.29, 1.82) is 0 Å². The molecule has 0 bridgehead atoms. The highest BCUT2D eigenvalue weighted by Crippen LogP contribution is 2.15. The summed E-state index contributed by atoms with van der Waals surface area (Å²) in [5, 5.41) is 3.08. The van der Waals surface area contributed by atoms with Crippen molar-refractivity contribution in [2.45, 2.75) is 32.6 Å². The molecule has 1 rings (SSSR count). The van der Waals surface area contributed by atoms with Crippen LogP contribution in [0.25, 0.3) is 0 Å². The molecular weight excluding hydrogens is 186 g/mol. The van der Waals surface area contributed by atoms with Crippen molar-refractivity contribution in [3.05, 3.63) is 24.3 Å². The molecule has 0 fully saturated rings. The number of nitrogens with one attached hydrogen (secondary N) is 1. The van der Waals surface area contributed by atoms with E-state index in [2.05, 4.69) is 12.2 Å². The van der Waals surface area contributed by atoms with E-state index in [4.69, 9.17) is 4.74 Å². The van der Waals surface area contributed by atoms with E-state index in [1.54, 1.807) is 0 Å². The van der Waals surface area contributed by atoms with Crippen LogP contribution < -0.4 is 10.1 Å². The first-order valence-corrected chi connectivity index (χ1v) is 5.77. The van der Waals surface area contributed by atoms with Gasteiger partial charge < -0.3 is 10.1 Å². The number of benzene rings is 1. The van der Waals surface area contributed by atoms with Gasteiger partial charge in [0.1, 0.15) is 5.75 Å². The van der Waals surface area contributed by atoms with Crippen LogP contribution in [0, 0.1) is 0 Å². The first kappa shape index (κ1) is 11.9. The van der Waals surface area contributed by atoms with E-state index in [0.717, 1.165) is 24.5 Å². The van der Waals surface area contributed by atoms with E-state index < -0.39 is 0 Å². The Kier molecular flexibility index (Phi) is 5.67. The Morgan fingerprint density at radius 2 is 1.80 bits per heavy atom. The largest absolute Gasteiger partial charge is 0.494 e. The number of hydrogen-bond acceptors (Lipinski definition) is 2. The molecule has 0 heterocycles. The SMILES string of the molecule is CCCCCCOc1ccc(NC)cc1. The van der Waals surface area contributed by atoms with Crippen molar-refractivity contribution in [1.82, 2.24) is 0 Å². The van der Waals surface area contributed by atoms with E-state index in [9.17, 15) is 0 Å². The Labute approximate surface area is 92.6 Å². The quantitative estimate of drug-likeness (QED) is 0.688. The number of rotatable bonds is 7. The van der Waals surface area contributed by atoms with E-state index in [1.165, 1.54) is 19.3 Å². The van der Waals surface area contributed by atoms with Gasteiger partial charge in [0.25, 0.3) is 0 Å². The molecule has 0 aliphatic carbocycles. The smallest absolute Gasteiger partial charge is 0.119 e. The fraction of sp³-hybridized carbons (Fsp3) is 0.538. The second kappa shape index (κ2) is 7.16. The lowest BCUT2D eigenvalue weighted by molar-refractivity contribution is 0.305. The van der Waals surface area contributed by atoms with Gasteiger partial charge in [0.15, 0.2) is 0 Å². The monoisotopic (exact) mass is 207 g/mol. The van der Waals surface area contributed by atoms with Gasteiger partial charge in [-0.15, -0.1) is 0 Å². The van der Waals surface area contributed by atoms with Crippen LogP contribution in [-0.4, -0.2) is 13.7 Å². The summed E-state index contributed by atoms with van der Waals surface area (Å²) in [7, 11) is 1.92. The minimum Gasteiger partial charge on any atom is -0.494 e. The molecule has 0 aliphatic heterocycles. The van der Waals surface area contributed by atoms with Crippen molar-refractivity contribution in [3.63, 3.8) is 0 Å². The van der Waals surface area contributed by atoms with Crippen LogP contribution >= 0.6 is 0 Å². The zero-order chi connectivity index (χ0) is 10.9. The lowest BCUT2D eigenvalue weighted by atomic mass is 10.2. The first-order valence-electron chi connectivity index (χ1n) is 5.77. The summed E-state index contributed by atoms with van der Waals surface area (Å²) < 4.78 is 5.62. The molecule has 84 valence electrons. The van der Waals surface area contributed by atoms with Crippen molar-refractivity contribution in [3.8, 4) is 5.75 Å². The van der Waals surface area contributed by atoms with Crippen LogP contribution in [-0.2, 0) is 0 Å². The molecule has 0 atom stereocenters. The second-order valence-electron chi connectivity index (χ2n) is 3.68. The summed E-state index contributed by atoms with van der Waals surface area (Å²) in [5.74, 6) is 0.963. The fourth-order valence-corrected chi connectivity index (χ4v) is 1.44. The molecule has 2 nitrogen and oxygen atoms in total. The van der Waals surface area contributed by atoms with Gasteiger partial charge in [0, 0.05) is 12.7 Å². The number of ether oxygens (including phenoxy) is 1. The molecular formula is C13H21NO. The molecule has 1 N–H and O–H groups in total. The second-order valence-corrected chi connectivity index (χ2v) is 3.68. The molecule has 0 saturated heterocycles. The predicted octanol–water partition coefficient (Wildman–Crippen LogP) is 3.69. The molecule has 1 aromatic rings. The van der Waals surface area contributed by atoms with Gasteiger partial charge in [0.2, 0.25) is 0 Å². The Bertz CT molecular complexity index is 256. The first-order chi connectivity index (χ1) is 7.36. The molecule has 1 aromatic carbocycles. The third-order valence-electron chi connectivity index (χ3n) is 2.41. The number of anilines is 1. The number of unbranched alkanes of at least 4 members (excludes halogenated alkanes) is 3. The molecule has 2 heteroatoms. The molecule has 0 amide bonds. The molecule has 0 aliphatic rings. The van der Waals surface area contributed by atoms with Gasteiger partial charge in [-0.2, -0.15) is 0 Å². The molecule has 15 heavy (non-hydrogen) atoms. The maximum absolute atomic E-state index is 5.62. The highest BCUT2D eigenvalue weighted by atomic mass is 16.5. The van der Waals surface area contributed by atoms with Crippen molar-refractivity contribution in [2.24, 2.45) is 0 Å². The lowest BCUT2D eigenvalue weighted by Gasteiger charge is -2.06. The zero-order valence-corrected chi connectivity index (χ0v) is 9.75. The third kappa shape index (κ3) is 4.73. The third-order valence-corrected chi connectivity index (χ3v) is 2.41. The Morgan fingerprint density at radius 3 is 2.40 bits per heavy atom. The topological polar surface area (TPSA) is 21.3 Å². The Morgan fingerprint density at radius 1 is 1.07 bits per heavy atom. The molecule has 0 unspecified atom stereocenters. The van der Waals surface area contributed by atoms with E-state index in [-0.39, 0.29) is 0 Å². The minimum absolute atomic E-state index is 0.832. The Balaban J connectivity index is 2.20. The van der Waals surface area contributed by atoms with E-state index >= 15 is 0 Å². The normalized spacial score (nSPS) is 10.0. The summed E-state index contributed by atoms with van der Waals surface area (Å²) in [6.45, 7) is 3.05. The average molecular weight is 207 g/mol.